The summed E-state index contributed by atoms with van der Waals surface area (Å²) >= 11 is 3.39. The summed E-state index contributed by atoms with van der Waals surface area (Å²) in [4.78, 5) is 8.52. The summed E-state index contributed by atoms with van der Waals surface area (Å²) in [6.07, 6.45) is 2.34. The zero-order valence-electron chi connectivity index (χ0n) is 11.1. The first-order valence-electron chi connectivity index (χ1n) is 6.23. The lowest BCUT2D eigenvalue weighted by Crippen LogP contribution is -2.25. The second-order valence-corrected chi connectivity index (χ2v) is 5.36. The van der Waals surface area contributed by atoms with Gasteiger partial charge in [-0.15, -0.1) is 0 Å². The van der Waals surface area contributed by atoms with E-state index in [2.05, 4.69) is 43.5 Å². The Bertz CT molecular complexity index is 373. The van der Waals surface area contributed by atoms with Crippen LogP contribution in [0.1, 0.15) is 27.2 Å². The molecule has 0 radical (unpaired) electrons. The van der Waals surface area contributed by atoms with Crippen molar-refractivity contribution in [3.8, 4) is 0 Å². The highest BCUT2D eigenvalue weighted by molar-refractivity contribution is 9.10. The average molecular weight is 317 g/mol. The first-order valence-corrected chi connectivity index (χ1v) is 7.02. The number of nitrogens with one attached hydrogen (secondary N) is 2. The molecule has 0 aromatic carbocycles. The van der Waals surface area contributed by atoms with Gasteiger partial charge in [-0.1, -0.05) is 20.8 Å². The van der Waals surface area contributed by atoms with Crippen LogP contribution in [0.5, 0.6) is 0 Å². The number of hydrogen-bond donors (Lipinski definition) is 3. The Hall–Kier alpha value is -0.880. The summed E-state index contributed by atoms with van der Waals surface area (Å²) in [5.74, 6) is 1.51. The molecule has 1 atom stereocenters. The quantitative estimate of drug-likeness (QED) is 0.721. The van der Waals surface area contributed by atoms with Crippen molar-refractivity contribution in [3.05, 3.63) is 10.7 Å². The van der Waals surface area contributed by atoms with Gasteiger partial charge in [-0.3, -0.25) is 0 Å². The number of rotatable bonds is 7. The lowest BCUT2D eigenvalue weighted by molar-refractivity contribution is 0.138. The number of aromatic nitrogens is 2. The molecule has 18 heavy (non-hydrogen) atoms. The number of aliphatic hydroxyl groups excluding tert-OH is 1. The Morgan fingerprint density at radius 1 is 1.39 bits per heavy atom. The summed E-state index contributed by atoms with van der Waals surface area (Å²) in [6.45, 7) is 7.37. The van der Waals surface area contributed by atoms with Gasteiger partial charge in [0.05, 0.1) is 10.6 Å². The first kappa shape index (κ1) is 15.2. The molecule has 0 saturated carbocycles. The molecular formula is C12H21BrN4O. The van der Waals surface area contributed by atoms with Crippen LogP contribution in [0.3, 0.4) is 0 Å². The van der Waals surface area contributed by atoms with Gasteiger partial charge in [-0.05, 0) is 28.3 Å². The van der Waals surface area contributed by atoms with E-state index in [4.69, 9.17) is 0 Å². The molecule has 0 bridgehead atoms. The highest BCUT2D eigenvalue weighted by Crippen LogP contribution is 2.20. The van der Waals surface area contributed by atoms with E-state index in [1.54, 1.807) is 6.20 Å². The Morgan fingerprint density at radius 3 is 2.72 bits per heavy atom. The molecule has 0 saturated heterocycles. The number of aliphatic hydroxyl groups is 1. The van der Waals surface area contributed by atoms with Crippen LogP contribution in [0.4, 0.5) is 11.8 Å². The zero-order valence-corrected chi connectivity index (χ0v) is 12.7. The molecule has 1 aromatic rings. The predicted octanol–water partition coefficient (Wildman–Crippen LogP) is 2.49. The van der Waals surface area contributed by atoms with Gasteiger partial charge >= 0.3 is 0 Å². The summed E-state index contributed by atoms with van der Waals surface area (Å²) in [5.41, 5.74) is 0. The average Bonchev–Trinajstić information content (AvgIpc) is 2.35. The molecule has 1 rings (SSSR count). The molecule has 102 valence electrons. The van der Waals surface area contributed by atoms with E-state index >= 15 is 0 Å². The van der Waals surface area contributed by atoms with Crippen LogP contribution in [0.15, 0.2) is 10.7 Å². The van der Waals surface area contributed by atoms with Crippen LogP contribution in [-0.4, -0.2) is 34.3 Å². The largest absolute Gasteiger partial charge is 0.391 e. The summed E-state index contributed by atoms with van der Waals surface area (Å²) in [7, 11) is 0. The molecule has 0 aliphatic heterocycles. The van der Waals surface area contributed by atoms with Crippen LogP contribution in [0.2, 0.25) is 0 Å². The summed E-state index contributed by atoms with van der Waals surface area (Å²) < 4.78 is 0.792. The highest BCUT2D eigenvalue weighted by Gasteiger charge is 2.11. The Kier molecular flexibility index (Phi) is 6.35. The molecule has 5 nitrogen and oxygen atoms in total. The van der Waals surface area contributed by atoms with Crippen molar-refractivity contribution in [2.75, 3.05) is 23.7 Å². The molecule has 0 spiro atoms. The maximum atomic E-state index is 9.75. The normalized spacial score (nSPS) is 12.6. The van der Waals surface area contributed by atoms with Crippen molar-refractivity contribution >= 4 is 27.7 Å². The molecule has 0 amide bonds. The van der Waals surface area contributed by atoms with Crippen molar-refractivity contribution in [2.24, 2.45) is 5.92 Å². The lowest BCUT2D eigenvalue weighted by atomic mass is 10.1. The molecule has 0 fully saturated rings. The van der Waals surface area contributed by atoms with Gasteiger partial charge < -0.3 is 15.7 Å². The zero-order chi connectivity index (χ0) is 13.5. The van der Waals surface area contributed by atoms with Crippen LogP contribution in [0, 0.1) is 5.92 Å². The second-order valence-electron chi connectivity index (χ2n) is 4.51. The van der Waals surface area contributed by atoms with Crippen molar-refractivity contribution in [2.45, 2.75) is 33.3 Å². The highest BCUT2D eigenvalue weighted by atomic mass is 79.9. The van der Waals surface area contributed by atoms with Crippen molar-refractivity contribution in [1.82, 2.24) is 9.97 Å². The fourth-order valence-corrected chi connectivity index (χ4v) is 1.58. The van der Waals surface area contributed by atoms with E-state index < -0.39 is 0 Å². The Balaban J connectivity index is 2.63. The summed E-state index contributed by atoms with van der Waals surface area (Å²) in [5, 5.41) is 16.0. The third-order valence-corrected chi connectivity index (χ3v) is 3.11. The number of halogens is 1. The van der Waals surface area contributed by atoms with Crippen molar-refractivity contribution in [3.63, 3.8) is 0 Å². The fourth-order valence-electron chi connectivity index (χ4n) is 1.25. The van der Waals surface area contributed by atoms with Crippen LogP contribution < -0.4 is 10.6 Å². The Labute approximate surface area is 117 Å². The van der Waals surface area contributed by atoms with E-state index in [0.29, 0.717) is 18.3 Å². The lowest BCUT2D eigenvalue weighted by Gasteiger charge is -2.16. The molecule has 6 heteroatoms. The van der Waals surface area contributed by atoms with Gasteiger partial charge in [0.15, 0.2) is 0 Å². The monoisotopic (exact) mass is 316 g/mol. The van der Waals surface area contributed by atoms with Gasteiger partial charge in [0.1, 0.15) is 5.82 Å². The van der Waals surface area contributed by atoms with E-state index in [1.807, 2.05) is 13.8 Å². The minimum Gasteiger partial charge on any atom is -0.391 e. The van der Waals surface area contributed by atoms with Gasteiger partial charge in [0, 0.05) is 19.3 Å². The molecule has 3 N–H and O–H groups in total. The fraction of sp³-hybridized carbons (Fsp3) is 0.667. The number of hydrogen-bond acceptors (Lipinski definition) is 5. The SMILES string of the molecule is CCCNc1ncc(Br)c(NCC(O)C(C)C)n1. The molecule has 1 unspecified atom stereocenters. The minimum atomic E-state index is -0.390. The third-order valence-electron chi connectivity index (χ3n) is 2.53. The molecule has 1 heterocycles. The predicted molar refractivity (Wildman–Crippen MR) is 77.8 cm³/mol. The second kappa shape index (κ2) is 7.53. The van der Waals surface area contributed by atoms with E-state index in [-0.39, 0.29) is 12.0 Å². The first-order chi connectivity index (χ1) is 8.54. The van der Waals surface area contributed by atoms with Crippen molar-refractivity contribution < 1.29 is 5.11 Å². The van der Waals surface area contributed by atoms with E-state index in [9.17, 15) is 5.11 Å². The van der Waals surface area contributed by atoms with Gasteiger partial charge in [0.25, 0.3) is 0 Å². The molecule has 0 aliphatic rings. The van der Waals surface area contributed by atoms with Crippen molar-refractivity contribution in [1.29, 1.82) is 0 Å². The number of nitrogens with zero attached hydrogens (tertiary/aromatic N) is 2. The topological polar surface area (TPSA) is 70.1 Å². The van der Waals surface area contributed by atoms with E-state index in [1.165, 1.54) is 0 Å². The van der Waals surface area contributed by atoms with Gasteiger partial charge in [0.2, 0.25) is 5.95 Å². The van der Waals surface area contributed by atoms with Gasteiger partial charge in [-0.2, -0.15) is 4.98 Å². The van der Waals surface area contributed by atoms with Crippen LogP contribution in [-0.2, 0) is 0 Å². The smallest absolute Gasteiger partial charge is 0.224 e. The van der Waals surface area contributed by atoms with E-state index in [0.717, 1.165) is 17.4 Å². The molecule has 0 aliphatic carbocycles. The van der Waals surface area contributed by atoms with Gasteiger partial charge in [-0.25, -0.2) is 4.98 Å². The molecular weight excluding hydrogens is 296 g/mol. The number of anilines is 2. The maximum absolute atomic E-state index is 9.75. The summed E-state index contributed by atoms with van der Waals surface area (Å²) in [6, 6.07) is 0. The standard InChI is InChI=1S/C12H21BrN4O/c1-4-5-14-12-16-6-9(13)11(17-12)15-7-10(18)8(2)3/h6,8,10,18H,4-5,7H2,1-3H3,(H2,14,15,16,17). The maximum Gasteiger partial charge on any atom is 0.224 e. The third kappa shape index (κ3) is 4.78. The molecule has 1 aromatic heterocycles. The Morgan fingerprint density at radius 2 is 2.11 bits per heavy atom. The minimum absolute atomic E-state index is 0.218. The van der Waals surface area contributed by atoms with Crippen LogP contribution in [0.25, 0.3) is 0 Å². The van der Waals surface area contributed by atoms with Crippen LogP contribution >= 0.6 is 15.9 Å².